The maximum atomic E-state index is 12.7. The lowest BCUT2D eigenvalue weighted by atomic mass is 10.2. The molecule has 1 saturated heterocycles. The van der Waals surface area contributed by atoms with Crippen molar-refractivity contribution in [1.82, 2.24) is 10.0 Å². The summed E-state index contributed by atoms with van der Waals surface area (Å²) in [5.41, 5.74) is 0. The molecule has 0 amide bonds. The highest BCUT2D eigenvalue weighted by Gasteiger charge is 2.24. The molecule has 2 aromatic rings. The minimum Gasteiger partial charge on any atom is -0.375 e. The van der Waals surface area contributed by atoms with Crippen molar-refractivity contribution in [3.05, 3.63) is 28.1 Å². The number of thiophene rings is 1. The smallest absolute Gasteiger partial charge is 0.242 e. The first kappa shape index (κ1) is 17.1. The number of halogens is 1. The van der Waals surface area contributed by atoms with Crippen molar-refractivity contribution in [2.24, 2.45) is 0 Å². The van der Waals surface area contributed by atoms with Gasteiger partial charge in [0.25, 0.3) is 0 Å². The first-order valence-corrected chi connectivity index (χ1v) is 10.2. The van der Waals surface area contributed by atoms with Crippen molar-refractivity contribution in [2.75, 3.05) is 26.2 Å². The quantitative estimate of drug-likeness (QED) is 0.862. The molecule has 0 bridgehead atoms. The van der Waals surface area contributed by atoms with Crippen LogP contribution in [0.4, 0.5) is 0 Å². The summed E-state index contributed by atoms with van der Waals surface area (Å²) >= 11 is 7.49. The van der Waals surface area contributed by atoms with Gasteiger partial charge in [0.2, 0.25) is 10.0 Å². The van der Waals surface area contributed by atoms with Crippen LogP contribution in [0.15, 0.2) is 23.1 Å². The van der Waals surface area contributed by atoms with Crippen LogP contribution in [-0.2, 0) is 14.8 Å². The van der Waals surface area contributed by atoms with Gasteiger partial charge in [0, 0.05) is 39.7 Å². The molecule has 1 aliphatic heterocycles. The fourth-order valence-electron chi connectivity index (χ4n) is 2.68. The van der Waals surface area contributed by atoms with Gasteiger partial charge >= 0.3 is 0 Å². The molecule has 8 heteroatoms. The molecule has 1 atom stereocenters. The van der Waals surface area contributed by atoms with E-state index in [9.17, 15) is 8.42 Å². The molecule has 0 aliphatic carbocycles. The maximum Gasteiger partial charge on any atom is 0.242 e. The molecule has 23 heavy (non-hydrogen) atoms. The van der Waals surface area contributed by atoms with Gasteiger partial charge in [-0.2, -0.15) is 0 Å². The van der Waals surface area contributed by atoms with Crippen molar-refractivity contribution in [2.45, 2.75) is 24.3 Å². The highest BCUT2D eigenvalue weighted by atomic mass is 35.5. The Labute approximate surface area is 145 Å². The average molecular weight is 375 g/mol. The zero-order chi connectivity index (χ0) is 16.4. The van der Waals surface area contributed by atoms with Crippen molar-refractivity contribution in [3.63, 3.8) is 0 Å². The van der Waals surface area contributed by atoms with Gasteiger partial charge in [0.15, 0.2) is 0 Å². The summed E-state index contributed by atoms with van der Waals surface area (Å²) in [6, 6.07) is 5.33. The molecule has 0 spiro atoms. The van der Waals surface area contributed by atoms with Crippen LogP contribution >= 0.6 is 22.9 Å². The largest absolute Gasteiger partial charge is 0.375 e. The standard InChI is InChI=1S/C15H19ClN2O3S2/c1-10-15(13-7-11(16)3-4-14(13)22-10)23(19,20)18-9-12-8-17-5-2-6-21-12/h3-4,7,12,17-18H,2,5-6,8-9H2,1H3. The number of hydrogen-bond donors (Lipinski definition) is 2. The summed E-state index contributed by atoms with van der Waals surface area (Å²) in [6.07, 6.45) is 0.789. The van der Waals surface area contributed by atoms with Crippen molar-refractivity contribution in [1.29, 1.82) is 0 Å². The summed E-state index contributed by atoms with van der Waals surface area (Å²) in [4.78, 5) is 1.08. The first-order chi connectivity index (χ1) is 11.0. The predicted octanol–water partition coefficient (Wildman–Crippen LogP) is 2.52. The van der Waals surface area contributed by atoms with E-state index in [1.807, 2.05) is 13.0 Å². The molecule has 1 unspecified atom stereocenters. The molecule has 0 saturated carbocycles. The van der Waals surface area contributed by atoms with E-state index in [4.69, 9.17) is 16.3 Å². The Morgan fingerprint density at radius 2 is 2.30 bits per heavy atom. The molecule has 1 aromatic heterocycles. The average Bonchev–Trinajstić information content (AvgIpc) is 2.68. The van der Waals surface area contributed by atoms with Gasteiger partial charge in [0.05, 0.1) is 6.10 Å². The molecular weight excluding hydrogens is 356 g/mol. The monoisotopic (exact) mass is 374 g/mol. The van der Waals surface area contributed by atoms with Crippen LogP contribution in [-0.4, -0.2) is 40.8 Å². The summed E-state index contributed by atoms with van der Waals surface area (Å²) in [7, 11) is -3.61. The van der Waals surface area contributed by atoms with Gasteiger partial charge in [-0.05, 0) is 38.1 Å². The van der Waals surface area contributed by atoms with Gasteiger partial charge in [-0.15, -0.1) is 11.3 Å². The number of ether oxygens (including phenoxy) is 1. The number of nitrogens with one attached hydrogen (secondary N) is 2. The second kappa shape index (κ2) is 7.04. The van der Waals surface area contributed by atoms with Crippen LogP contribution in [0.5, 0.6) is 0 Å². The molecule has 0 radical (unpaired) electrons. The summed E-state index contributed by atoms with van der Waals surface area (Å²) in [6.45, 7) is 4.27. The second-order valence-corrected chi connectivity index (χ2v) is 8.93. The topological polar surface area (TPSA) is 67.4 Å². The summed E-state index contributed by atoms with van der Waals surface area (Å²) < 4.78 is 34.7. The van der Waals surface area contributed by atoms with E-state index in [1.54, 1.807) is 12.1 Å². The van der Waals surface area contributed by atoms with E-state index in [0.29, 0.717) is 28.5 Å². The van der Waals surface area contributed by atoms with Crippen molar-refractivity contribution in [3.8, 4) is 0 Å². The molecule has 1 aromatic carbocycles. The SMILES string of the molecule is Cc1sc2ccc(Cl)cc2c1S(=O)(=O)NCC1CNCCCO1. The number of fused-ring (bicyclic) bond motifs is 1. The Bertz CT molecular complexity index is 796. The predicted molar refractivity (Wildman–Crippen MR) is 94.0 cm³/mol. The fraction of sp³-hybridized carbons (Fsp3) is 0.467. The van der Waals surface area contributed by atoms with E-state index in [1.165, 1.54) is 11.3 Å². The highest BCUT2D eigenvalue weighted by molar-refractivity contribution is 7.90. The van der Waals surface area contributed by atoms with E-state index in [2.05, 4.69) is 10.0 Å². The number of hydrogen-bond acceptors (Lipinski definition) is 5. The number of rotatable bonds is 4. The number of benzene rings is 1. The van der Waals surface area contributed by atoms with Gasteiger partial charge < -0.3 is 10.1 Å². The Hall–Kier alpha value is -0.700. The van der Waals surface area contributed by atoms with E-state index < -0.39 is 10.0 Å². The number of sulfonamides is 1. The van der Waals surface area contributed by atoms with Crippen LogP contribution in [0, 0.1) is 6.92 Å². The highest BCUT2D eigenvalue weighted by Crippen LogP contribution is 2.35. The lowest BCUT2D eigenvalue weighted by molar-refractivity contribution is 0.0707. The Kier molecular flexibility index (Phi) is 5.25. The Morgan fingerprint density at radius 3 is 3.13 bits per heavy atom. The molecule has 1 aliphatic rings. The third-order valence-corrected chi connectivity index (χ3v) is 6.82. The van der Waals surface area contributed by atoms with Crippen molar-refractivity contribution >= 4 is 43.0 Å². The van der Waals surface area contributed by atoms with Crippen LogP contribution in [0.2, 0.25) is 5.02 Å². The molecular formula is C15H19ClN2O3S2. The lowest BCUT2D eigenvalue weighted by Gasteiger charge is -2.16. The molecule has 3 rings (SSSR count). The van der Waals surface area contributed by atoms with Crippen LogP contribution in [0.1, 0.15) is 11.3 Å². The number of aryl methyl sites for hydroxylation is 1. The zero-order valence-corrected chi connectivity index (χ0v) is 15.2. The van der Waals surface area contributed by atoms with Gasteiger partial charge in [-0.1, -0.05) is 11.6 Å². The summed E-state index contributed by atoms with van der Waals surface area (Å²) in [5, 5.41) is 4.45. The Balaban J connectivity index is 1.84. The van der Waals surface area contributed by atoms with Gasteiger partial charge in [-0.25, -0.2) is 13.1 Å². The van der Waals surface area contributed by atoms with E-state index in [0.717, 1.165) is 22.5 Å². The normalized spacial score (nSPS) is 19.8. The molecule has 126 valence electrons. The third kappa shape index (κ3) is 3.87. The van der Waals surface area contributed by atoms with Gasteiger partial charge in [0.1, 0.15) is 4.90 Å². The molecule has 1 fully saturated rings. The van der Waals surface area contributed by atoms with Gasteiger partial charge in [-0.3, -0.25) is 0 Å². The van der Waals surface area contributed by atoms with E-state index >= 15 is 0 Å². The first-order valence-electron chi connectivity index (χ1n) is 7.48. The third-order valence-electron chi connectivity index (χ3n) is 3.76. The van der Waals surface area contributed by atoms with Crippen LogP contribution in [0.25, 0.3) is 10.1 Å². The molecule has 2 heterocycles. The van der Waals surface area contributed by atoms with E-state index in [-0.39, 0.29) is 12.6 Å². The lowest BCUT2D eigenvalue weighted by Crippen LogP contribution is -2.38. The maximum absolute atomic E-state index is 12.7. The fourth-order valence-corrected chi connectivity index (χ4v) is 5.70. The minimum atomic E-state index is -3.61. The van der Waals surface area contributed by atoms with Crippen LogP contribution < -0.4 is 10.0 Å². The summed E-state index contributed by atoms with van der Waals surface area (Å²) in [5.74, 6) is 0. The second-order valence-electron chi connectivity index (χ2n) is 5.53. The molecule has 2 N–H and O–H groups in total. The van der Waals surface area contributed by atoms with Crippen molar-refractivity contribution < 1.29 is 13.2 Å². The molecule has 5 nitrogen and oxygen atoms in total. The minimum absolute atomic E-state index is 0.152. The Morgan fingerprint density at radius 1 is 1.48 bits per heavy atom. The van der Waals surface area contributed by atoms with Crippen LogP contribution in [0.3, 0.4) is 0 Å². The zero-order valence-electron chi connectivity index (χ0n) is 12.8.